The first-order chi connectivity index (χ1) is 11.6. The van der Waals surface area contributed by atoms with Gasteiger partial charge in [-0.1, -0.05) is 0 Å². The molecule has 1 aliphatic heterocycles. The van der Waals surface area contributed by atoms with Crippen LogP contribution in [-0.2, 0) is 19.6 Å². The first-order valence-corrected chi connectivity index (χ1v) is 8.79. The van der Waals surface area contributed by atoms with Crippen molar-refractivity contribution in [2.75, 3.05) is 28.3 Å². The number of benzene rings is 1. The molecular formula is C15H19N3O6S. The molecule has 0 aromatic heterocycles. The Kier molecular flexibility index (Phi) is 5.14. The molecule has 1 unspecified atom stereocenters. The standard InChI is InChI=1S/C15H19N3O6S/c1-17(2)14(20)10-7-9(5-6-12(10)24-4)25(22,23)16-11-8-13(19)18(3)15(11)21/h5-7,11,16H,8H2,1-4H3. The third-order valence-electron chi connectivity index (χ3n) is 3.80. The van der Waals surface area contributed by atoms with E-state index in [0.29, 0.717) is 0 Å². The van der Waals surface area contributed by atoms with Crippen molar-refractivity contribution in [2.24, 2.45) is 0 Å². The highest BCUT2D eigenvalue weighted by atomic mass is 32.2. The number of sulfonamides is 1. The molecule has 1 heterocycles. The van der Waals surface area contributed by atoms with Crippen LogP contribution in [0.4, 0.5) is 0 Å². The van der Waals surface area contributed by atoms with Crippen molar-refractivity contribution < 1.29 is 27.5 Å². The van der Waals surface area contributed by atoms with Gasteiger partial charge in [-0.2, -0.15) is 4.72 Å². The summed E-state index contributed by atoms with van der Waals surface area (Å²) in [5.74, 6) is -1.28. The number of hydrogen-bond acceptors (Lipinski definition) is 6. The van der Waals surface area contributed by atoms with E-state index in [-0.39, 0.29) is 22.6 Å². The summed E-state index contributed by atoms with van der Waals surface area (Å²) in [6.07, 6.45) is -0.242. The second-order valence-corrected chi connectivity index (χ2v) is 7.44. The van der Waals surface area contributed by atoms with E-state index in [2.05, 4.69) is 4.72 Å². The van der Waals surface area contributed by atoms with Crippen LogP contribution in [0, 0.1) is 0 Å². The number of nitrogens with zero attached hydrogens (tertiary/aromatic N) is 2. The number of likely N-dealkylation sites (N-methyl/N-ethyl adjacent to an activating group) is 1. The predicted octanol–water partition coefficient (Wildman–Crippen LogP) is -0.567. The Bertz CT molecular complexity index is 834. The largest absolute Gasteiger partial charge is 0.496 e. The van der Waals surface area contributed by atoms with Gasteiger partial charge in [-0.3, -0.25) is 19.3 Å². The summed E-state index contributed by atoms with van der Waals surface area (Å²) in [5.41, 5.74) is 0.0707. The maximum atomic E-state index is 12.5. The maximum absolute atomic E-state index is 12.5. The molecule has 25 heavy (non-hydrogen) atoms. The topological polar surface area (TPSA) is 113 Å². The summed E-state index contributed by atoms with van der Waals surface area (Å²) in [7, 11) is 1.61. The number of likely N-dealkylation sites (tertiary alicyclic amines) is 1. The molecule has 0 saturated carbocycles. The Balaban J connectivity index is 2.37. The van der Waals surface area contributed by atoms with Gasteiger partial charge in [0.1, 0.15) is 11.8 Å². The minimum atomic E-state index is -4.11. The van der Waals surface area contributed by atoms with Gasteiger partial charge in [0, 0.05) is 21.1 Å². The zero-order valence-corrected chi connectivity index (χ0v) is 15.1. The van der Waals surface area contributed by atoms with Gasteiger partial charge in [0.15, 0.2) is 0 Å². The van der Waals surface area contributed by atoms with Crippen LogP contribution in [0.3, 0.4) is 0 Å². The van der Waals surface area contributed by atoms with Gasteiger partial charge in [-0.25, -0.2) is 8.42 Å². The summed E-state index contributed by atoms with van der Waals surface area (Å²) < 4.78 is 32.4. The zero-order valence-electron chi connectivity index (χ0n) is 14.3. The zero-order chi connectivity index (χ0) is 18.9. The molecule has 1 aromatic rings. The molecule has 0 radical (unpaired) electrons. The molecule has 0 spiro atoms. The van der Waals surface area contributed by atoms with Crippen molar-refractivity contribution in [3.8, 4) is 5.75 Å². The highest BCUT2D eigenvalue weighted by Gasteiger charge is 2.38. The molecule has 1 aliphatic rings. The Morgan fingerprint density at radius 2 is 1.96 bits per heavy atom. The number of carbonyl (C=O) groups excluding carboxylic acids is 3. The summed E-state index contributed by atoms with van der Waals surface area (Å²) in [5, 5.41) is 0. The SMILES string of the molecule is COc1ccc(S(=O)(=O)NC2CC(=O)N(C)C2=O)cc1C(=O)N(C)C. The van der Waals surface area contributed by atoms with E-state index in [9.17, 15) is 22.8 Å². The number of rotatable bonds is 5. The molecule has 3 amide bonds. The van der Waals surface area contributed by atoms with E-state index in [1.807, 2.05) is 0 Å². The second kappa shape index (κ2) is 6.81. The molecule has 2 rings (SSSR count). The lowest BCUT2D eigenvalue weighted by Gasteiger charge is -2.16. The highest BCUT2D eigenvalue weighted by molar-refractivity contribution is 7.89. The molecule has 0 bridgehead atoms. The quantitative estimate of drug-likeness (QED) is 0.696. The fourth-order valence-electron chi connectivity index (χ4n) is 2.37. The lowest BCUT2D eigenvalue weighted by Crippen LogP contribution is -2.40. The Morgan fingerprint density at radius 1 is 1.32 bits per heavy atom. The highest BCUT2D eigenvalue weighted by Crippen LogP contribution is 2.24. The van der Waals surface area contributed by atoms with E-state index in [1.54, 1.807) is 0 Å². The van der Waals surface area contributed by atoms with Gasteiger partial charge in [-0.15, -0.1) is 0 Å². The number of carbonyl (C=O) groups is 3. The number of nitrogens with one attached hydrogen (secondary N) is 1. The molecule has 10 heteroatoms. The lowest BCUT2D eigenvalue weighted by molar-refractivity contribution is -0.137. The first-order valence-electron chi connectivity index (χ1n) is 7.31. The van der Waals surface area contributed by atoms with Crippen molar-refractivity contribution in [3.05, 3.63) is 23.8 Å². The van der Waals surface area contributed by atoms with E-state index < -0.39 is 33.8 Å². The van der Waals surface area contributed by atoms with Crippen LogP contribution in [0.2, 0.25) is 0 Å². The molecule has 1 saturated heterocycles. The van der Waals surface area contributed by atoms with Crippen LogP contribution < -0.4 is 9.46 Å². The van der Waals surface area contributed by atoms with Crippen LogP contribution in [0.15, 0.2) is 23.1 Å². The van der Waals surface area contributed by atoms with E-state index >= 15 is 0 Å². The molecule has 1 fully saturated rings. The number of hydrogen-bond donors (Lipinski definition) is 1. The van der Waals surface area contributed by atoms with Crippen molar-refractivity contribution in [3.63, 3.8) is 0 Å². The first kappa shape index (κ1) is 18.9. The predicted molar refractivity (Wildman–Crippen MR) is 87.5 cm³/mol. The normalized spacial score (nSPS) is 17.8. The van der Waals surface area contributed by atoms with Crippen molar-refractivity contribution >= 4 is 27.7 Å². The third kappa shape index (κ3) is 3.64. The van der Waals surface area contributed by atoms with Gasteiger partial charge in [0.05, 0.1) is 24.0 Å². The molecule has 1 N–H and O–H groups in total. The van der Waals surface area contributed by atoms with Gasteiger partial charge >= 0.3 is 0 Å². The Morgan fingerprint density at radius 3 is 2.44 bits per heavy atom. The van der Waals surface area contributed by atoms with Gasteiger partial charge in [0.2, 0.25) is 21.8 Å². The molecule has 136 valence electrons. The van der Waals surface area contributed by atoms with Crippen LogP contribution in [0.5, 0.6) is 5.75 Å². The molecule has 1 atom stereocenters. The average Bonchev–Trinajstić information content (AvgIpc) is 2.79. The average molecular weight is 369 g/mol. The smallest absolute Gasteiger partial charge is 0.257 e. The molecule has 0 aliphatic carbocycles. The van der Waals surface area contributed by atoms with Crippen LogP contribution >= 0.6 is 0 Å². The van der Waals surface area contributed by atoms with Gasteiger partial charge in [-0.05, 0) is 18.2 Å². The summed E-state index contributed by atoms with van der Waals surface area (Å²) in [4.78, 5) is 37.6. The maximum Gasteiger partial charge on any atom is 0.257 e. The van der Waals surface area contributed by atoms with Gasteiger partial charge in [0.25, 0.3) is 5.91 Å². The van der Waals surface area contributed by atoms with Gasteiger partial charge < -0.3 is 9.64 Å². The minimum absolute atomic E-state index is 0.0707. The van der Waals surface area contributed by atoms with Crippen molar-refractivity contribution in [1.29, 1.82) is 0 Å². The summed E-state index contributed by atoms with van der Waals surface area (Å²) in [6.45, 7) is 0. The number of ether oxygens (including phenoxy) is 1. The van der Waals surface area contributed by atoms with Crippen LogP contribution in [0.1, 0.15) is 16.8 Å². The summed E-state index contributed by atoms with van der Waals surface area (Å²) >= 11 is 0. The monoisotopic (exact) mass is 369 g/mol. The second-order valence-electron chi connectivity index (χ2n) is 5.73. The van der Waals surface area contributed by atoms with E-state index in [4.69, 9.17) is 4.74 Å². The molecular weight excluding hydrogens is 350 g/mol. The number of imide groups is 1. The lowest BCUT2D eigenvalue weighted by atomic mass is 10.2. The minimum Gasteiger partial charge on any atom is -0.496 e. The fraction of sp³-hybridized carbons (Fsp3) is 0.400. The molecule has 1 aromatic carbocycles. The Hall–Kier alpha value is -2.46. The van der Waals surface area contributed by atoms with E-state index in [1.165, 1.54) is 51.4 Å². The third-order valence-corrected chi connectivity index (χ3v) is 5.27. The number of methoxy groups -OCH3 is 1. The Labute approximate surface area is 145 Å². The van der Waals surface area contributed by atoms with Crippen molar-refractivity contribution in [2.45, 2.75) is 17.4 Å². The fourth-order valence-corrected chi connectivity index (χ4v) is 3.58. The van der Waals surface area contributed by atoms with Crippen LogP contribution in [-0.4, -0.2) is 70.2 Å². The van der Waals surface area contributed by atoms with Crippen molar-refractivity contribution in [1.82, 2.24) is 14.5 Å². The van der Waals surface area contributed by atoms with Crippen LogP contribution in [0.25, 0.3) is 0 Å². The summed E-state index contributed by atoms with van der Waals surface area (Å²) in [6, 6.07) is 2.64. The van der Waals surface area contributed by atoms with E-state index in [0.717, 1.165) is 4.90 Å². The number of amides is 3. The molecule has 9 nitrogen and oxygen atoms in total.